The van der Waals surface area contributed by atoms with Crippen molar-refractivity contribution in [3.63, 3.8) is 0 Å². The topological polar surface area (TPSA) is 50.5 Å². The Morgan fingerprint density at radius 1 is 1.45 bits per heavy atom. The quantitative estimate of drug-likeness (QED) is 0.899. The second-order valence-electron chi connectivity index (χ2n) is 5.29. The standard InChI is InChI=1S/C14H24ClN3O2/c1-4-12-14(15)13(18(5-2)16-12)7-17-6-11(8-19)20-9-10(17)3/h10-11,19H,4-9H2,1-3H3. The van der Waals surface area contributed by atoms with Crippen LogP contribution in [0.3, 0.4) is 0 Å². The zero-order valence-corrected chi connectivity index (χ0v) is 13.2. The van der Waals surface area contributed by atoms with Crippen LogP contribution in [0.15, 0.2) is 0 Å². The van der Waals surface area contributed by atoms with Crippen LogP contribution in [0.5, 0.6) is 0 Å². The first-order valence-electron chi connectivity index (χ1n) is 7.31. The van der Waals surface area contributed by atoms with Gasteiger partial charge in [0.15, 0.2) is 0 Å². The number of nitrogens with zero attached hydrogens (tertiary/aromatic N) is 3. The Morgan fingerprint density at radius 3 is 2.80 bits per heavy atom. The molecule has 20 heavy (non-hydrogen) atoms. The molecule has 0 radical (unpaired) electrons. The zero-order valence-electron chi connectivity index (χ0n) is 12.5. The molecule has 1 aliphatic rings. The molecule has 1 saturated heterocycles. The lowest BCUT2D eigenvalue weighted by atomic mass is 10.2. The molecule has 2 heterocycles. The summed E-state index contributed by atoms with van der Waals surface area (Å²) in [4.78, 5) is 2.30. The number of hydrogen-bond donors (Lipinski definition) is 1. The van der Waals surface area contributed by atoms with Gasteiger partial charge in [-0.3, -0.25) is 9.58 Å². The van der Waals surface area contributed by atoms with Crippen LogP contribution in [0.1, 0.15) is 32.2 Å². The molecule has 5 nitrogen and oxygen atoms in total. The Morgan fingerprint density at radius 2 is 2.20 bits per heavy atom. The van der Waals surface area contributed by atoms with Gasteiger partial charge in [0.1, 0.15) is 0 Å². The molecule has 2 rings (SSSR count). The summed E-state index contributed by atoms with van der Waals surface area (Å²) in [6.45, 7) is 9.27. The second-order valence-corrected chi connectivity index (χ2v) is 5.67. The number of halogens is 1. The van der Waals surface area contributed by atoms with Crippen molar-refractivity contribution in [2.45, 2.75) is 52.4 Å². The average molecular weight is 302 g/mol. The van der Waals surface area contributed by atoms with Gasteiger partial charge in [-0.15, -0.1) is 0 Å². The number of aliphatic hydroxyl groups is 1. The summed E-state index contributed by atoms with van der Waals surface area (Å²) in [5, 5.41) is 14.6. The summed E-state index contributed by atoms with van der Waals surface area (Å²) >= 11 is 6.45. The fraction of sp³-hybridized carbons (Fsp3) is 0.786. The third-order valence-electron chi connectivity index (χ3n) is 3.89. The number of rotatable bonds is 5. The Labute approximate surface area is 125 Å². The summed E-state index contributed by atoms with van der Waals surface area (Å²) in [7, 11) is 0. The fourth-order valence-corrected chi connectivity index (χ4v) is 2.90. The van der Waals surface area contributed by atoms with E-state index in [-0.39, 0.29) is 12.7 Å². The summed E-state index contributed by atoms with van der Waals surface area (Å²) in [5.41, 5.74) is 2.03. The maximum Gasteiger partial charge on any atom is 0.0933 e. The van der Waals surface area contributed by atoms with Crippen LogP contribution in [0.2, 0.25) is 5.02 Å². The van der Waals surface area contributed by atoms with Crippen molar-refractivity contribution >= 4 is 11.6 Å². The first kappa shape index (κ1) is 15.8. The van der Waals surface area contributed by atoms with E-state index < -0.39 is 0 Å². The van der Waals surface area contributed by atoms with Gasteiger partial charge in [-0.1, -0.05) is 18.5 Å². The molecular formula is C14H24ClN3O2. The fourth-order valence-electron chi connectivity index (χ4n) is 2.57. The Bertz CT molecular complexity index is 450. The van der Waals surface area contributed by atoms with Crippen molar-refractivity contribution in [3.8, 4) is 0 Å². The van der Waals surface area contributed by atoms with Crippen LogP contribution < -0.4 is 0 Å². The molecule has 1 fully saturated rings. The molecule has 1 N–H and O–H groups in total. The van der Waals surface area contributed by atoms with Crippen LogP contribution in [0.25, 0.3) is 0 Å². The van der Waals surface area contributed by atoms with E-state index in [1.54, 1.807) is 0 Å². The highest BCUT2D eigenvalue weighted by Crippen LogP contribution is 2.25. The summed E-state index contributed by atoms with van der Waals surface area (Å²) in [6, 6.07) is 0.319. The lowest BCUT2D eigenvalue weighted by molar-refractivity contribution is -0.0811. The van der Waals surface area contributed by atoms with Crippen LogP contribution in [-0.2, 0) is 24.2 Å². The number of aryl methyl sites for hydroxylation is 2. The van der Waals surface area contributed by atoms with E-state index in [1.165, 1.54) is 0 Å². The molecule has 1 aliphatic heterocycles. The van der Waals surface area contributed by atoms with Gasteiger partial charge in [0.25, 0.3) is 0 Å². The van der Waals surface area contributed by atoms with Crippen molar-refractivity contribution in [1.82, 2.24) is 14.7 Å². The number of aliphatic hydroxyl groups excluding tert-OH is 1. The predicted molar refractivity (Wildman–Crippen MR) is 79.0 cm³/mol. The smallest absolute Gasteiger partial charge is 0.0933 e. The van der Waals surface area contributed by atoms with Gasteiger partial charge in [0.2, 0.25) is 0 Å². The Hall–Kier alpha value is -0.620. The van der Waals surface area contributed by atoms with E-state index in [2.05, 4.69) is 30.8 Å². The summed E-state index contributed by atoms with van der Waals surface area (Å²) in [6.07, 6.45) is 0.741. The molecule has 0 bridgehead atoms. The average Bonchev–Trinajstić information content (AvgIpc) is 2.77. The molecule has 6 heteroatoms. The number of ether oxygens (including phenoxy) is 1. The maximum absolute atomic E-state index is 9.26. The van der Waals surface area contributed by atoms with Gasteiger partial charge >= 0.3 is 0 Å². The molecule has 1 aromatic heterocycles. The molecular weight excluding hydrogens is 278 g/mol. The lowest BCUT2D eigenvalue weighted by Crippen LogP contribution is -2.49. The first-order valence-corrected chi connectivity index (χ1v) is 7.69. The molecule has 0 amide bonds. The highest BCUT2D eigenvalue weighted by Gasteiger charge is 2.27. The lowest BCUT2D eigenvalue weighted by Gasteiger charge is -2.37. The van der Waals surface area contributed by atoms with Gasteiger partial charge in [0.05, 0.1) is 35.7 Å². The molecule has 0 saturated carbocycles. The SMILES string of the molecule is CCc1nn(CC)c(CN2CC(CO)OCC2C)c1Cl. The first-order chi connectivity index (χ1) is 9.60. The molecule has 2 unspecified atom stereocenters. The third kappa shape index (κ3) is 3.17. The van der Waals surface area contributed by atoms with Crippen LogP contribution in [-0.4, -0.2) is 51.7 Å². The van der Waals surface area contributed by atoms with Gasteiger partial charge < -0.3 is 9.84 Å². The monoisotopic (exact) mass is 301 g/mol. The van der Waals surface area contributed by atoms with Gasteiger partial charge in [-0.25, -0.2) is 0 Å². The Kier molecular flexibility index (Phi) is 5.43. The van der Waals surface area contributed by atoms with E-state index in [0.29, 0.717) is 12.6 Å². The van der Waals surface area contributed by atoms with Crippen molar-refractivity contribution in [3.05, 3.63) is 16.4 Å². The van der Waals surface area contributed by atoms with Crippen LogP contribution >= 0.6 is 11.6 Å². The van der Waals surface area contributed by atoms with Gasteiger partial charge in [-0.2, -0.15) is 5.10 Å². The van der Waals surface area contributed by atoms with E-state index in [0.717, 1.165) is 42.5 Å². The van der Waals surface area contributed by atoms with E-state index in [1.807, 2.05) is 4.68 Å². The largest absolute Gasteiger partial charge is 0.394 e. The van der Waals surface area contributed by atoms with Gasteiger partial charge in [-0.05, 0) is 20.3 Å². The van der Waals surface area contributed by atoms with Crippen molar-refractivity contribution in [2.24, 2.45) is 0 Å². The third-order valence-corrected chi connectivity index (χ3v) is 4.32. The molecule has 114 valence electrons. The molecule has 2 atom stereocenters. The highest BCUT2D eigenvalue weighted by atomic mass is 35.5. The van der Waals surface area contributed by atoms with E-state index in [4.69, 9.17) is 16.3 Å². The minimum absolute atomic E-state index is 0.0597. The van der Waals surface area contributed by atoms with Crippen molar-refractivity contribution in [1.29, 1.82) is 0 Å². The summed E-state index contributed by atoms with van der Waals surface area (Å²) in [5.74, 6) is 0. The van der Waals surface area contributed by atoms with E-state index >= 15 is 0 Å². The zero-order chi connectivity index (χ0) is 14.7. The predicted octanol–water partition coefficient (Wildman–Crippen LogP) is 1.70. The van der Waals surface area contributed by atoms with E-state index in [9.17, 15) is 5.11 Å². The second kappa shape index (κ2) is 6.89. The molecule has 0 aromatic carbocycles. The summed E-state index contributed by atoms with van der Waals surface area (Å²) < 4.78 is 7.56. The number of hydrogen-bond acceptors (Lipinski definition) is 4. The van der Waals surface area contributed by atoms with Crippen LogP contribution in [0, 0.1) is 0 Å². The Balaban J connectivity index is 2.17. The molecule has 0 aliphatic carbocycles. The highest BCUT2D eigenvalue weighted by molar-refractivity contribution is 6.31. The minimum Gasteiger partial charge on any atom is -0.394 e. The number of morpholine rings is 1. The van der Waals surface area contributed by atoms with Crippen molar-refractivity contribution in [2.75, 3.05) is 19.8 Å². The molecule has 0 spiro atoms. The maximum atomic E-state index is 9.26. The minimum atomic E-state index is -0.103. The number of aromatic nitrogens is 2. The van der Waals surface area contributed by atoms with Gasteiger partial charge in [0, 0.05) is 25.7 Å². The van der Waals surface area contributed by atoms with Crippen LogP contribution in [0.4, 0.5) is 0 Å². The normalized spacial score (nSPS) is 24.2. The van der Waals surface area contributed by atoms with Crippen molar-refractivity contribution < 1.29 is 9.84 Å². The molecule has 1 aromatic rings.